The molecule has 0 rings (SSSR count). The lowest BCUT2D eigenvalue weighted by Gasteiger charge is -2.09. The number of hydrogen-bond acceptors (Lipinski definition) is 1. The minimum Gasteiger partial charge on any atom is -0.467 e. The fraction of sp³-hybridized carbons (Fsp3) is 0.500. The van der Waals surface area contributed by atoms with Crippen molar-refractivity contribution in [3.8, 4) is 0 Å². The summed E-state index contributed by atoms with van der Waals surface area (Å²) in [6, 6.07) is 0. The maximum atomic E-state index is 5.73. The summed E-state index contributed by atoms with van der Waals surface area (Å²) in [4.78, 5) is 0. The smallest absolute Gasteiger partial charge is 0.100 e. The van der Waals surface area contributed by atoms with Gasteiger partial charge in [0, 0.05) is 12.8 Å². The van der Waals surface area contributed by atoms with E-state index in [1.54, 1.807) is 0 Å². The van der Waals surface area contributed by atoms with Crippen LogP contribution < -0.4 is 0 Å². The molecule has 0 saturated carbocycles. The zero-order chi connectivity index (χ0) is 19.2. The maximum absolute atomic E-state index is 5.73. The van der Waals surface area contributed by atoms with Crippen LogP contribution >= 0.6 is 0 Å². The summed E-state index contributed by atoms with van der Waals surface area (Å²) < 4.78 is 5.73. The molecule has 0 atom stereocenters. The molecule has 140 valence electrons. The van der Waals surface area contributed by atoms with Gasteiger partial charge in [-0.3, -0.25) is 0 Å². The molecule has 0 saturated heterocycles. The first-order valence-electron chi connectivity index (χ1n) is 9.32. The van der Waals surface area contributed by atoms with Gasteiger partial charge in [0.25, 0.3) is 0 Å². The highest BCUT2D eigenvalue weighted by atomic mass is 16.5. The summed E-state index contributed by atoms with van der Waals surface area (Å²) in [7, 11) is 0. The Balaban J connectivity index is 4.15. The molecular weight excluding hydrogens is 304 g/mol. The van der Waals surface area contributed by atoms with E-state index in [2.05, 4.69) is 79.0 Å². The van der Waals surface area contributed by atoms with Crippen LogP contribution in [0.5, 0.6) is 0 Å². The van der Waals surface area contributed by atoms with Gasteiger partial charge in [0.1, 0.15) is 11.5 Å². The highest BCUT2D eigenvalue weighted by Crippen LogP contribution is 2.16. The molecule has 0 radical (unpaired) electrons. The largest absolute Gasteiger partial charge is 0.467 e. The third-order valence-corrected chi connectivity index (χ3v) is 3.83. The fourth-order valence-corrected chi connectivity index (χ4v) is 2.24. The molecule has 0 aliphatic carbocycles. The lowest BCUT2D eigenvalue weighted by atomic mass is 10.1. The van der Waals surface area contributed by atoms with Gasteiger partial charge in [0.05, 0.1) is 0 Å². The van der Waals surface area contributed by atoms with Crippen molar-refractivity contribution < 1.29 is 4.74 Å². The SMILES string of the molecule is C=C(C/C=C(/C)CCC=C(C)C)OC(=C)C/C=C(/C)CCC=C(C)C. The van der Waals surface area contributed by atoms with E-state index in [-0.39, 0.29) is 0 Å². The van der Waals surface area contributed by atoms with E-state index >= 15 is 0 Å². The van der Waals surface area contributed by atoms with Crippen molar-refractivity contribution in [1.29, 1.82) is 0 Å². The van der Waals surface area contributed by atoms with Crippen LogP contribution in [0.15, 0.2) is 71.3 Å². The molecule has 1 heteroatoms. The molecule has 0 bridgehead atoms. The van der Waals surface area contributed by atoms with Gasteiger partial charge in [-0.15, -0.1) is 0 Å². The predicted molar refractivity (Wildman–Crippen MR) is 113 cm³/mol. The molecular formula is C24H38O. The topological polar surface area (TPSA) is 9.23 Å². The van der Waals surface area contributed by atoms with Crippen molar-refractivity contribution in [2.45, 2.75) is 80.1 Å². The average Bonchev–Trinajstić information content (AvgIpc) is 2.50. The fourth-order valence-electron chi connectivity index (χ4n) is 2.24. The Bertz CT molecular complexity index is 495. The number of hydrogen-bond donors (Lipinski definition) is 0. The Labute approximate surface area is 156 Å². The Morgan fingerprint density at radius 1 is 0.640 bits per heavy atom. The van der Waals surface area contributed by atoms with Crippen molar-refractivity contribution in [3.63, 3.8) is 0 Å². The van der Waals surface area contributed by atoms with E-state index in [1.165, 1.54) is 22.3 Å². The van der Waals surface area contributed by atoms with E-state index in [1.807, 2.05) is 0 Å². The molecule has 0 aromatic rings. The summed E-state index contributed by atoms with van der Waals surface area (Å²) in [6.07, 6.45) is 14.8. The molecule has 0 fully saturated rings. The second-order valence-corrected chi connectivity index (χ2v) is 7.33. The van der Waals surface area contributed by atoms with Gasteiger partial charge in [-0.2, -0.15) is 0 Å². The predicted octanol–water partition coefficient (Wildman–Crippen LogP) is 8.20. The van der Waals surface area contributed by atoms with Crippen molar-refractivity contribution in [1.82, 2.24) is 0 Å². The molecule has 25 heavy (non-hydrogen) atoms. The van der Waals surface area contributed by atoms with E-state index in [4.69, 9.17) is 4.74 Å². The molecule has 0 unspecified atom stereocenters. The molecule has 0 aliphatic rings. The van der Waals surface area contributed by atoms with Crippen LogP contribution in [-0.4, -0.2) is 0 Å². The van der Waals surface area contributed by atoms with Crippen molar-refractivity contribution in [2.24, 2.45) is 0 Å². The highest BCUT2D eigenvalue weighted by Gasteiger charge is 1.99. The quantitative estimate of drug-likeness (QED) is 0.256. The first kappa shape index (κ1) is 23.2. The number of rotatable bonds is 12. The van der Waals surface area contributed by atoms with Crippen molar-refractivity contribution in [2.75, 3.05) is 0 Å². The standard InChI is InChI=1S/C24H38O/c1-19(2)11-9-13-21(5)15-17-23(7)25-24(8)18-16-22(6)14-10-12-20(3)4/h11-12,15-16H,7-10,13-14,17-18H2,1-6H3/b21-15-,22-16-. The monoisotopic (exact) mass is 342 g/mol. The van der Waals surface area contributed by atoms with E-state index < -0.39 is 0 Å². The normalized spacial score (nSPS) is 11.8. The van der Waals surface area contributed by atoms with Gasteiger partial charge in [-0.05, 0) is 67.2 Å². The third-order valence-electron chi connectivity index (χ3n) is 3.83. The summed E-state index contributed by atoms with van der Waals surface area (Å²) in [6.45, 7) is 20.9. The number of allylic oxidation sites excluding steroid dienone is 8. The summed E-state index contributed by atoms with van der Waals surface area (Å²) >= 11 is 0. The minimum atomic E-state index is 0.753. The first-order chi connectivity index (χ1) is 11.7. The maximum Gasteiger partial charge on any atom is 0.100 e. The molecule has 0 aliphatic heterocycles. The lowest BCUT2D eigenvalue weighted by molar-refractivity contribution is 0.295. The third kappa shape index (κ3) is 15.5. The summed E-state index contributed by atoms with van der Waals surface area (Å²) in [5.41, 5.74) is 5.51. The van der Waals surface area contributed by atoms with Gasteiger partial charge < -0.3 is 4.74 Å². The van der Waals surface area contributed by atoms with E-state index in [9.17, 15) is 0 Å². The second-order valence-electron chi connectivity index (χ2n) is 7.33. The molecule has 0 amide bonds. The van der Waals surface area contributed by atoms with Crippen LogP contribution in [0.2, 0.25) is 0 Å². The molecule has 1 nitrogen and oxygen atoms in total. The molecule has 0 aromatic carbocycles. The second kappa shape index (κ2) is 13.5. The Kier molecular flexibility index (Phi) is 12.6. The van der Waals surface area contributed by atoms with Crippen LogP contribution in [0.4, 0.5) is 0 Å². The molecule has 0 aromatic heterocycles. The summed E-state index contributed by atoms with van der Waals surface area (Å²) in [5.74, 6) is 1.53. The molecule has 0 N–H and O–H groups in total. The van der Waals surface area contributed by atoms with Gasteiger partial charge >= 0.3 is 0 Å². The minimum absolute atomic E-state index is 0.753. The Morgan fingerprint density at radius 3 is 1.32 bits per heavy atom. The van der Waals surface area contributed by atoms with Crippen molar-refractivity contribution in [3.05, 3.63) is 71.3 Å². The summed E-state index contributed by atoms with van der Waals surface area (Å²) in [5, 5.41) is 0. The van der Waals surface area contributed by atoms with Gasteiger partial charge in [0.15, 0.2) is 0 Å². The van der Waals surface area contributed by atoms with Crippen LogP contribution in [0.25, 0.3) is 0 Å². The zero-order valence-corrected chi connectivity index (χ0v) is 17.4. The van der Waals surface area contributed by atoms with Gasteiger partial charge in [-0.25, -0.2) is 0 Å². The highest BCUT2D eigenvalue weighted by molar-refractivity contribution is 5.10. The molecule has 0 spiro atoms. The van der Waals surface area contributed by atoms with Crippen LogP contribution in [0, 0.1) is 0 Å². The molecule has 0 heterocycles. The van der Waals surface area contributed by atoms with Crippen molar-refractivity contribution >= 4 is 0 Å². The van der Waals surface area contributed by atoms with Crippen LogP contribution in [0.3, 0.4) is 0 Å². The van der Waals surface area contributed by atoms with Gasteiger partial charge in [0.2, 0.25) is 0 Å². The van der Waals surface area contributed by atoms with E-state index in [0.29, 0.717) is 0 Å². The van der Waals surface area contributed by atoms with E-state index in [0.717, 1.165) is 50.0 Å². The Hall–Kier alpha value is -1.76. The lowest BCUT2D eigenvalue weighted by Crippen LogP contribution is -1.91. The number of ether oxygens (including phenoxy) is 1. The van der Waals surface area contributed by atoms with Crippen LogP contribution in [-0.2, 0) is 4.74 Å². The average molecular weight is 343 g/mol. The Morgan fingerprint density at radius 2 is 1.00 bits per heavy atom. The zero-order valence-electron chi connectivity index (χ0n) is 17.4. The van der Waals surface area contributed by atoms with Crippen LogP contribution in [0.1, 0.15) is 80.1 Å². The first-order valence-corrected chi connectivity index (χ1v) is 9.32. The van der Waals surface area contributed by atoms with Gasteiger partial charge in [-0.1, -0.05) is 59.8 Å².